The number of hydrogen-bond donors (Lipinski definition) is 1. The monoisotopic (exact) mass is 501 g/mol. The Morgan fingerprint density at radius 3 is 2.39 bits per heavy atom. The number of rotatable bonds is 4. The maximum Gasteiger partial charge on any atom is 0.417 e. The van der Waals surface area contributed by atoms with Gasteiger partial charge in [-0.25, -0.2) is 4.98 Å². The highest BCUT2D eigenvalue weighted by molar-refractivity contribution is 5.98. The molecule has 184 valence electrons. The molecule has 0 aliphatic rings. The van der Waals surface area contributed by atoms with Crippen molar-refractivity contribution in [2.24, 2.45) is 7.05 Å². The first-order chi connectivity index (χ1) is 17.0. The molecule has 0 bridgehead atoms. The lowest BCUT2D eigenvalue weighted by Crippen LogP contribution is -2.23. The molecule has 3 heterocycles. The van der Waals surface area contributed by atoms with E-state index >= 15 is 0 Å². The fourth-order valence-corrected chi connectivity index (χ4v) is 4.04. The van der Waals surface area contributed by atoms with Crippen LogP contribution in [-0.2, 0) is 13.2 Å². The van der Waals surface area contributed by atoms with Crippen LogP contribution in [0, 0.1) is 0 Å². The Kier molecular flexibility index (Phi) is 5.38. The van der Waals surface area contributed by atoms with Crippen LogP contribution in [0.5, 0.6) is 5.75 Å². The molecule has 3 aromatic heterocycles. The number of anilines is 1. The second-order valence-corrected chi connectivity index (χ2v) is 7.95. The summed E-state index contributed by atoms with van der Waals surface area (Å²) >= 11 is 0. The molecule has 5 aromatic rings. The van der Waals surface area contributed by atoms with Gasteiger partial charge < -0.3 is 15.0 Å². The number of fused-ring (bicyclic) bond motifs is 2. The second kappa shape index (κ2) is 8.33. The maximum absolute atomic E-state index is 13.8. The van der Waals surface area contributed by atoms with Gasteiger partial charge in [0.05, 0.1) is 39.7 Å². The molecule has 0 aliphatic carbocycles. The van der Waals surface area contributed by atoms with E-state index < -0.39 is 23.9 Å². The number of aryl methyl sites for hydroxylation is 1. The third-order valence-electron chi connectivity index (χ3n) is 5.71. The molecule has 0 fully saturated rings. The Morgan fingerprint density at radius 1 is 1.00 bits per heavy atom. The highest BCUT2D eigenvalue weighted by atomic mass is 19.4. The molecular weight excluding hydrogens is 485 g/mol. The number of nitrogens with zero attached hydrogens (tertiary/aromatic N) is 4. The highest BCUT2D eigenvalue weighted by Crippen LogP contribution is 2.35. The van der Waals surface area contributed by atoms with Crippen molar-refractivity contribution in [3.05, 3.63) is 77.0 Å². The molecule has 0 spiro atoms. The molecule has 2 N–H and O–H groups in total. The van der Waals surface area contributed by atoms with Crippen molar-refractivity contribution >= 4 is 27.8 Å². The van der Waals surface area contributed by atoms with Crippen LogP contribution in [0.3, 0.4) is 0 Å². The predicted molar refractivity (Wildman–Crippen MR) is 123 cm³/mol. The molecule has 36 heavy (non-hydrogen) atoms. The lowest BCUT2D eigenvalue weighted by atomic mass is 10.0. The Balaban J connectivity index is 1.82. The van der Waals surface area contributed by atoms with E-state index in [-0.39, 0.29) is 33.7 Å². The summed E-state index contributed by atoms with van der Waals surface area (Å²) in [4.78, 5) is 22.0. The zero-order valence-corrected chi connectivity index (χ0v) is 18.4. The second-order valence-electron chi connectivity index (χ2n) is 7.95. The molecule has 0 saturated heterocycles. The Morgan fingerprint density at radius 2 is 1.72 bits per heavy atom. The Hall–Kier alpha value is -4.48. The largest absolute Gasteiger partial charge is 0.435 e. The van der Waals surface area contributed by atoms with Crippen LogP contribution in [0.2, 0.25) is 0 Å². The van der Waals surface area contributed by atoms with Crippen molar-refractivity contribution in [3.63, 3.8) is 0 Å². The van der Waals surface area contributed by atoms with Gasteiger partial charge in [-0.1, -0.05) is 6.07 Å². The number of pyridine rings is 2. The number of halogens is 5. The minimum Gasteiger partial charge on any atom is -0.435 e. The van der Waals surface area contributed by atoms with Crippen LogP contribution in [0.25, 0.3) is 38.9 Å². The van der Waals surface area contributed by atoms with Gasteiger partial charge in [0.1, 0.15) is 11.3 Å². The van der Waals surface area contributed by atoms with Crippen LogP contribution in [0.1, 0.15) is 5.56 Å². The zero-order chi connectivity index (χ0) is 25.8. The summed E-state index contributed by atoms with van der Waals surface area (Å²) in [6.45, 7) is -3.07. The number of ether oxygens (including phenoxy) is 1. The summed E-state index contributed by atoms with van der Waals surface area (Å²) in [6.07, 6.45) is -2.49. The summed E-state index contributed by atoms with van der Waals surface area (Å²) < 4.78 is 72.6. The topological polar surface area (TPSA) is 88.0 Å². The summed E-state index contributed by atoms with van der Waals surface area (Å²) in [5.41, 5.74) is 6.03. The first-order valence-corrected chi connectivity index (χ1v) is 10.4. The number of benzene rings is 2. The molecule has 12 heteroatoms. The summed E-state index contributed by atoms with van der Waals surface area (Å²) in [6, 6.07) is 10.7. The van der Waals surface area contributed by atoms with Crippen LogP contribution < -0.4 is 16.0 Å². The van der Waals surface area contributed by atoms with E-state index in [1.54, 1.807) is 36.1 Å². The molecule has 5 rings (SSSR count). The first kappa shape index (κ1) is 23.3. The Bertz CT molecular complexity index is 1670. The number of nitrogen functional groups attached to an aromatic ring is 1. The van der Waals surface area contributed by atoms with Crippen molar-refractivity contribution in [2.45, 2.75) is 12.8 Å². The average molecular weight is 501 g/mol. The zero-order valence-electron chi connectivity index (χ0n) is 18.4. The lowest BCUT2D eigenvalue weighted by molar-refractivity contribution is -0.137. The van der Waals surface area contributed by atoms with Crippen LogP contribution in [0.4, 0.5) is 27.6 Å². The quantitative estimate of drug-likeness (QED) is 0.345. The third-order valence-corrected chi connectivity index (χ3v) is 5.71. The van der Waals surface area contributed by atoms with E-state index in [2.05, 4.69) is 14.7 Å². The lowest BCUT2D eigenvalue weighted by Gasteiger charge is -2.17. The van der Waals surface area contributed by atoms with Crippen LogP contribution >= 0.6 is 0 Å². The number of aromatic nitrogens is 4. The van der Waals surface area contributed by atoms with Gasteiger partial charge in [0.25, 0.3) is 5.56 Å². The number of imidazole rings is 1. The van der Waals surface area contributed by atoms with E-state index in [0.717, 1.165) is 16.2 Å². The fraction of sp³-hybridized carbons (Fsp3) is 0.125. The average Bonchev–Trinajstić information content (AvgIpc) is 3.19. The van der Waals surface area contributed by atoms with Crippen LogP contribution in [0.15, 0.2) is 65.8 Å². The van der Waals surface area contributed by atoms with Gasteiger partial charge in [-0.3, -0.25) is 14.3 Å². The minimum atomic E-state index is -4.73. The molecule has 0 unspecified atom stereocenters. The Labute approximate surface area is 199 Å². The van der Waals surface area contributed by atoms with E-state index in [1.165, 1.54) is 24.3 Å². The minimum absolute atomic E-state index is 0.00946. The first-order valence-electron chi connectivity index (χ1n) is 10.4. The normalized spacial score (nSPS) is 12.1. The van der Waals surface area contributed by atoms with E-state index in [4.69, 9.17) is 5.73 Å². The van der Waals surface area contributed by atoms with Gasteiger partial charge in [-0.05, 0) is 48.0 Å². The van der Waals surface area contributed by atoms with Gasteiger partial charge in [-0.15, -0.1) is 0 Å². The van der Waals surface area contributed by atoms with Crippen molar-refractivity contribution in [1.82, 2.24) is 19.1 Å². The molecule has 0 radical (unpaired) electrons. The van der Waals surface area contributed by atoms with Crippen molar-refractivity contribution in [1.29, 1.82) is 0 Å². The van der Waals surface area contributed by atoms with Gasteiger partial charge >= 0.3 is 12.8 Å². The van der Waals surface area contributed by atoms with Gasteiger partial charge in [0, 0.05) is 18.9 Å². The summed E-state index contributed by atoms with van der Waals surface area (Å²) in [7, 11) is 1.80. The molecule has 0 aliphatic heterocycles. The van der Waals surface area contributed by atoms with E-state index in [1.807, 2.05) is 0 Å². The van der Waals surface area contributed by atoms with Gasteiger partial charge in [-0.2, -0.15) is 22.0 Å². The third kappa shape index (κ3) is 3.89. The summed E-state index contributed by atoms with van der Waals surface area (Å²) in [5.74, 6) is -0.184. The van der Waals surface area contributed by atoms with E-state index in [9.17, 15) is 26.7 Å². The fourth-order valence-electron chi connectivity index (χ4n) is 4.04. The smallest absolute Gasteiger partial charge is 0.417 e. The molecular formula is C24H16F5N5O2. The standard InChI is InChI=1S/C24H16F5N5O2/c1-33-11-32-16-8-12(2-7-17(16)33)19-20(30)21-18(9-13(10-31-21)24(27,28)29)34(22(19)35)14-3-5-15(6-4-14)36-23(25)26/h2-11,23H,30H2,1H3. The summed E-state index contributed by atoms with van der Waals surface area (Å²) in [5, 5.41) is 0. The van der Waals surface area contributed by atoms with Crippen LogP contribution in [-0.4, -0.2) is 25.7 Å². The molecule has 2 aromatic carbocycles. The van der Waals surface area contributed by atoms with E-state index in [0.29, 0.717) is 17.3 Å². The van der Waals surface area contributed by atoms with Crippen molar-refractivity contribution in [3.8, 4) is 22.6 Å². The highest BCUT2D eigenvalue weighted by Gasteiger charge is 2.32. The molecule has 7 nitrogen and oxygen atoms in total. The van der Waals surface area contributed by atoms with Gasteiger partial charge in [0.2, 0.25) is 0 Å². The number of alkyl halides is 5. The molecule has 0 atom stereocenters. The predicted octanol–water partition coefficient (Wildman–Crippen LogP) is 5.14. The van der Waals surface area contributed by atoms with Gasteiger partial charge in [0.15, 0.2) is 0 Å². The SMILES string of the molecule is Cn1cnc2cc(-c3c(N)c4ncc(C(F)(F)F)cc4n(-c4ccc(OC(F)F)cc4)c3=O)ccc21. The molecule has 0 amide bonds. The number of nitrogens with two attached hydrogens (primary N) is 1. The van der Waals surface area contributed by atoms with Crippen molar-refractivity contribution in [2.75, 3.05) is 5.73 Å². The molecule has 0 saturated carbocycles. The maximum atomic E-state index is 13.8. The van der Waals surface area contributed by atoms with Crippen molar-refractivity contribution < 1.29 is 26.7 Å². The number of hydrogen-bond acceptors (Lipinski definition) is 5.